The minimum Gasteiger partial charge on any atom is -0.369 e. The Labute approximate surface area is 320 Å². The largest absolute Gasteiger partial charge is 0.369 e. The van der Waals surface area contributed by atoms with Gasteiger partial charge in [-0.3, -0.25) is 44.1 Å². The maximum absolute atomic E-state index is 15.3. The van der Waals surface area contributed by atoms with E-state index in [9.17, 15) is 24.0 Å². The number of fused-ring (bicyclic) bond motifs is 1. The lowest BCUT2D eigenvalue weighted by atomic mass is 10.0. The van der Waals surface area contributed by atoms with E-state index in [-0.39, 0.29) is 29.9 Å². The highest BCUT2D eigenvalue weighted by Crippen LogP contribution is 2.31. The molecule has 8 rings (SSSR count). The highest BCUT2D eigenvalue weighted by molar-refractivity contribution is 6.23. The summed E-state index contributed by atoms with van der Waals surface area (Å²) in [7, 11) is 0. The fourth-order valence-corrected chi connectivity index (χ4v) is 7.19. The van der Waals surface area contributed by atoms with Gasteiger partial charge >= 0.3 is 0 Å². The number of imide groups is 2. The molecule has 15 heteroatoms. The zero-order chi connectivity index (χ0) is 38.9. The number of rotatable bonds is 9. The highest BCUT2D eigenvalue weighted by Gasteiger charge is 2.46. The molecule has 2 saturated heterocycles. The molecule has 3 aliphatic heterocycles. The Morgan fingerprint density at radius 1 is 0.929 bits per heavy atom. The molecule has 0 spiro atoms. The molecule has 2 aromatic heterocycles. The van der Waals surface area contributed by atoms with Gasteiger partial charge < -0.3 is 15.5 Å². The van der Waals surface area contributed by atoms with Crippen molar-refractivity contribution in [3.8, 4) is 11.3 Å². The summed E-state index contributed by atoms with van der Waals surface area (Å²) in [6, 6.07) is 20.2. The SMILES string of the molecule is Cc1ccc(NC(=O)c2ccc(N3CCN(Cc4cc(F)c5c(c4)C(=O)N(C4CCC(=O)NC4=O)C5=O)CC3)cc2)cc1Nc1nccc(-c2cccnc2)n1. The molecule has 5 aromatic rings. The lowest BCUT2D eigenvalue weighted by molar-refractivity contribution is -0.136. The summed E-state index contributed by atoms with van der Waals surface area (Å²) < 4.78 is 15.3. The van der Waals surface area contributed by atoms with Crippen molar-refractivity contribution in [2.45, 2.75) is 32.4 Å². The standard InChI is InChI=1S/C41H36FN9O5/c1-24-4-7-28(21-33(24)47-41-44-14-12-32(46-41)27-3-2-13-43-22-27)45-37(53)26-5-8-29(9-6-26)50-17-15-49(16-18-50)23-25-19-30-36(31(42)20-25)40(56)51(39(30)55)34-10-11-35(52)48-38(34)54/h2-9,12-14,19-22,34H,10-11,15-18,23H2,1H3,(H,45,53)(H,44,46,47)(H,48,52,54). The van der Waals surface area contributed by atoms with Crippen molar-refractivity contribution in [1.29, 1.82) is 0 Å². The fourth-order valence-electron chi connectivity index (χ4n) is 7.19. The van der Waals surface area contributed by atoms with Crippen LogP contribution in [-0.4, -0.2) is 86.5 Å². The lowest BCUT2D eigenvalue weighted by Crippen LogP contribution is -2.54. The number of pyridine rings is 1. The molecule has 5 heterocycles. The number of piperidine rings is 1. The number of halogens is 1. The van der Waals surface area contributed by atoms with Crippen LogP contribution in [0.3, 0.4) is 0 Å². The summed E-state index contributed by atoms with van der Waals surface area (Å²) >= 11 is 0. The van der Waals surface area contributed by atoms with Crippen LogP contribution in [0.4, 0.5) is 27.4 Å². The quantitative estimate of drug-likeness (QED) is 0.178. The second kappa shape index (κ2) is 15.1. The number of carbonyl (C=O) groups is 5. The highest BCUT2D eigenvalue weighted by atomic mass is 19.1. The van der Waals surface area contributed by atoms with Crippen molar-refractivity contribution in [2.75, 3.05) is 41.7 Å². The van der Waals surface area contributed by atoms with Gasteiger partial charge in [-0.05, 0) is 91.2 Å². The number of benzene rings is 3. The number of amides is 5. The van der Waals surface area contributed by atoms with Gasteiger partial charge in [-0.15, -0.1) is 0 Å². The van der Waals surface area contributed by atoms with Crippen LogP contribution < -0.4 is 20.9 Å². The zero-order valence-electron chi connectivity index (χ0n) is 30.3. The Balaban J connectivity index is 0.859. The second-order valence-corrected chi connectivity index (χ2v) is 13.9. The van der Waals surface area contributed by atoms with Gasteiger partial charge in [0.05, 0.1) is 16.8 Å². The predicted octanol–water partition coefficient (Wildman–Crippen LogP) is 4.71. The van der Waals surface area contributed by atoms with E-state index >= 15 is 4.39 Å². The van der Waals surface area contributed by atoms with E-state index in [1.807, 2.05) is 55.5 Å². The molecule has 2 fully saturated rings. The Kier molecular flexibility index (Phi) is 9.74. The maximum Gasteiger partial charge on any atom is 0.265 e. The van der Waals surface area contributed by atoms with E-state index in [4.69, 9.17) is 0 Å². The van der Waals surface area contributed by atoms with E-state index in [1.165, 1.54) is 12.1 Å². The molecule has 56 heavy (non-hydrogen) atoms. The third-order valence-electron chi connectivity index (χ3n) is 10.2. The molecule has 5 amide bonds. The van der Waals surface area contributed by atoms with Gasteiger partial charge in [0.1, 0.15) is 11.9 Å². The van der Waals surface area contributed by atoms with E-state index < -0.39 is 35.5 Å². The first-order valence-corrected chi connectivity index (χ1v) is 18.1. The second-order valence-electron chi connectivity index (χ2n) is 13.9. The number of hydrogen-bond donors (Lipinski definition) is 3. The number of carbonyl (C=O) groups excluding carboxylic acids is 5. The van der Waals surface area contributed by atoms with E-state index in [2.05, 4.69) is 40.7 Å². The molecule has 0 aliphatic carbocycles. The lowest BCUT2D eigenvalue weighted by Gasteiger charge is -2.36. The number of nitrogens with one attached hydrogen (secondary N) is 3. The van der Waals surface area contributed by atoms with Crippen LogP contribution in [0, 0.1) is 12.7 Å². The molecule has 0 saturated carbocycles. The average molecular weight is 754 g/mol. The molecule has 3 aromatic carbocycles. The topological polar surface area (TPSA) is 170 Å². The van der Waals surface area contributed by atoms with Crippen LogP contribution >= 0.6 is 0 Å². The van der Waals surface area contributed by atoms with Gasteiger partial charge in [0.2, 0.25) is 17.8 Å². The Morgan fingerprint density at radius 2 is 1.73 bits per heavy atom. The molecule has 1 atom stereocenters. The molecule has 3 aliphatic rings. The monoisotopic (exact) mass is 753 g/mol. The first-order chi connectivity index (χ1) is 27.1. The molecule has 14 nitrogen and oxygen atoms in total. The van der Waals surface area contributed by atoms with Crippen LogP contribution in [-0.2, 0) is 16.1 Å². The van der Waals surface area contributed by atoms with Crippen LogP contribution in [0.25, 0.3) is 11.3 Å². The third-order valence-corrected chi connectivity index (χ3v) is 10.2. The predicted molar refractivity (Wildman–Crippen MR) is 205 cm³/mol. The fraction of sp³-hybridized carbons (Fsp3) is 0.220. The molecular weight excluding hydrogens is 718 g/mol. The van der Waals surface area contributed by atoms with Gasteiger partial charge in [0.15, 0.2) is 0 Å². The molecule has 1 unspecified atom stereocenters. The minimum atomic E-state index is -1.16. The van der Waals surface area contributed by atoms with E-state index in [0.29, 0.717) is 55.5 Å². The minimum absolute atomic E-state index is 0.00126. The van der Waals surface area contributed by atoms with E-state index in [0.717, 1.165) is 33.1 Å². The normalized spacial score (nSPS) is 17.1. The first kappa shape index (κ1) is 36.1. The van der Waals surface area contributed by atoms with Crippen LogP contribution in [0.2, 0.25) is 0 Å². The van der Waals surface area contributed by atoms with Gasteiger partial charge in [0, 0.05) is 85.9 Å². The molecular formula is C41H36FN9O5. The number of aryl methyl sites for hydroxylation is 1. The molecule has 3 N–H and O–H groups in total. The van der Waals surface area contributed by atoms with Crippen LogP contribution in [0.1, 0.15) is 55.0 Å². The number of nitrogens with zero attached hydrogens (tertiary/aromatic N) is 6. The van der Waals surface area contributed by atoms with Crippen molar-refractivity contribution >= 4 is 52.5 Å². The smallest absolute Gasteiger partial charge is 0.265 e. The summed E-state index contributed by atoms with van der Waals surface area (Å²) in [5, 5.41) is 8.38. The zero-order valence-corrected chi connectivity index (χ0v) is 30.3. The average Bonchev–Trinajstić information content (AvgIpc) is 3.45. The summed E-state index contributed by atoms with van der Waals surface area (Å²) in [6.07, 6.45) is 5.10. The molecule has 282 valence electrons. The maximum atomic E-state index is 15.3. The number of anilines is 4. The number of aromatic nitrogens is 3. The summed E-state index contributed by atoms with van der Waals surface area (Å²) in [5.74, 6) is -3.48. The Bertz CT molecular complexity index is 2380. The van der Waals surface area contributed by atoms with Crippen molar-refractivity contribution in [3.05, 3.63) is 125 Å². The molecule has 0 bridgehead atoms. The van der Waals surface area contributed by atoms with Gasteiger partial charge in [-0.25, -0.2) is 14.4 Å². The third kappa shape index (κ3) is 7.31. The first-order valence-electron chi connectivity index (χ1n) is 18.1. The van der Waals surface area contributed by atoms with Crippen molar-refractivity contribution < 1.29 is 28.4 Å². The van der Waals surface area contributed by atoms with Crippen molar-refractivity contribution in [3.63, 3.8) is 0 Å². The van der Waals surface area contributed by atoms with Gasteiger partial charge in [-0.2, -0.15) is 0 Å². The Hall–Kier alpha value is -6.87. The molecule has 0 radical (unpaired) electrons. The van der Waals surface area contributed by atoms with Gasteiger partial charge in [-0.1, -0.05) is 6.07 Å². The van der Waals surface area contributed by atoms with Crippen molar-refractivity contribution in [1.82, 2.24) is 30.1 Å². The Morgan fingerprint density at radius 3 is 2.48 bits per heavy atom. The van der Waals surface area contributed by atoms with Crippen LogP contribution in [0.5, 0.6) is 0 Å². The summed E-state index contributed by atoms with van der Waals surface area (Å²) in [6.45, 7) is 4.97. The number of hydrogen-bond acceptors (Lipinski definition) is 11. The van der Waals surface area contributed by atoms with E-state index in [1.54, 1.807) is 30.7 Å². The van der Waals surface area contributed by atoms with Gasteiger partial charge in [0.25, 0.3) is 17.7 Å². The number of piperazine rings is 1. The van der Waals surface area contributed by atoms with Crippen LogP contribution in [0.15, 0.2) is 91.4 Å². The summed E-state index contributed by atoms with van der Waals surface area (Å²) in [5.41, 5.74) is 5.49. The van der Waals surface area contributed by atoms with Crippen molar-refractivity contribution in [2.24, 2.45) is 0 Å². The summed E-state index contributed by atoms with van der Waals surface area (Å²) in [4.78, 5) is 81.7.